The van der Waals surface area contributed by atoms with Gasteiger partial charge in [0.25, 0.3) is 0 Å². The Kier molecular flexibility index (Phi) is 4.71. The summed E-state index contributed by atoms with van der Waals surface area (Å²) in [6, 6.07) is 9.71. The van der Waals surface area contributed by atoms with Crippen LogP contribution in [-0.4, -0.2) is 11.9 Å². The smallest absolute Gasteiger partial charge is 0.224 e. The van der Waals surface area contributed by atoms with Crippen LogP contribution in [0.2, 0.25) is 0 Å². The molecular weight excluding hydrogens is 212 g/mol. The standard InChI is InChI=1S/C14H18N2O/c1-10-4-6-13(7-5-10)8-11(2)14(17)16-12(3)9-15/h4-7,11-12H,8H2,1-3H3,(H,16,17). The second-order valence-corrected chi connectivity index (χ2v) is 4.45. The van der Waals surface area contributed by atoms with Crippen LogP contribution < -0.4 is 5.32 Å². The van der Waals surface area contributed by atoms with Gasteiger partial charge in [-0.05, 0) is 25.8 Å². The molecule has 0 saturated heterocycles. The predicted octanol–water partition coefficient (Wildman–Crippen LogP) is 2.20. The van der Waals surface area contributed by atoms with Gasteiger partial charge in [0.05, 0.1) is 6.07 Å². The molecule has 90 valence electrons. The van der Waals surface area contributed by atoms with E-state index < -0.39 is 6.04 Å². The van der Waals surface area contributed by atoms with Crippen LogP contribution in [0.15, 0.2) is 24.3 Å². The lowest BCUT2D eigenvalue weighted by Crippen LogP contribution is -2.36. The molecule has 2 atom stereocenters. The molecule has 0 heterocycles. The highest BCUT2D eigenvalue weighted by Crippen LogP contribution is 2.10. The molecular formula is C14H18N2O. The number of aryl methyl sites for hydroxylation is 1. The van der Waals surface area contributed by atoms with Gasteiger partial charge in [0.15, 0.2) is 0 Å². The fourth-order valence-corrected chi connectivity index (χ4v) is 1.56. The quantitative estimate of drug-likeness (QED) is 0.862. The van der Waals surface area contributed by atoms with E-state index in [4.69, 9.17) is 5.26 Å². The van der Waals surface area contributed by atoms with E-state index in [1.54, 1.807) is 6.92 Å². The maximum atomic E-state index is 11.7. The number of hydrogen-bond acceptors (Lipinski definition) is 2. The fourth-order valence-electron chi connectivity index (χ4n) is 1.56. The number of amides is 1. The zero-order chi connectivity index (χ0) is 12.8. The second-order valence-electron chi connectivity index (χ2n) is 4.45. The number of hydrogen-bond donors (Lipinski definition) is 1. The van der Waals surface area contributed by atoms with E-state index >= 15 is 0 Å². The summed E-state index contributed by atoms with van der Waals surface area (Å²) in [6.45, 7) is 5.59. The van der Waals surface area contributed by atoms with Gasteiger partial charge in [0.1, 0.15) is 6.04 Å². The monoisotopic (exact) mass is 230 g/mol. The predicted molar refractivity (Wildman–Crippen MR) is 67.3 cm³/mol. The van der Waals surface area contributed by atoms with Crippen molar-refractivity contribution in [2.75, 3.05) is 0 Å². The lowest BCUT2D eigenvalue weighted by molar-refractivity contribution is -0.124. The third kappa shape index (κ3) is 4.28. The van der Waals surface area contributed by atoms with Crippen LogP contribution in [0.4, 0.5) is 0 Å². The second kappa shape index (κ2) is 6.05. The first-order chi connectivity index (χ1) is 8.02. The highest BCUT2D eigenvalue weighted by atomic mass is 16.1. The van der Waals surface area contributed by atoms with Gasteiger partial charge in [-0.25, -0.2) is 0 Å². The number of benzene rings is 1. The van der Waals surface area contributed by atoms with Gasteiger partial charge >= 0.3 is 0 Å². The van der Waals surface area contributed by atoms with Crippen LogP contribution in [0.1, 0.15) is 25.0 Å². The average Bonchev–Trinajstić information content (AvgIpc) is 2.31. The lowest BCUT2D eigenvalue weighted by Gasteiger charge is -2.13. The summed E-state index contributed by atoms with van der Waals surface area (Å²) < 4.78 is 0. The van der Waals surface area contributed by atoms with Crippen LogP contribution in [0.5, 0.6) is 0 Å². The third-order valence-electron chi connectivity index (χ3n) is 2.66. The number of carbonyl (C=O) groups is 1. The van der Waals surface area contributed by atoms with Crippen molar-refractivity contribution < 1.29 is 4.79 Å². The number of rotatable bonds is 4. The molecule has 2 unspecified atom stereocenters. The highest BCUT2D eigenvalue weighted by Gasteiger charge is 2.15. The van der Waals surface area contributed by atoms with E-state index in [0.29, 0.717) is 6.42 Å². The number of nitrogens with zero attached hydrogens (tertiary/aromatic N) is 1. The van der Waals surface area contributed by atoms with E-state index in [1.807, 2.05) is 44.2 Å². The van der Waals surface area contributed by atoms with Crippen molar-refractivity contribution in [1.82, 2.24) is 5.32 Å². The maximum Gasteiger partial charge on any atom is 0.224 e. The SMILES string of the molecule is Cc1ccc(CC(C)C(=O)NC(C)C#N)cc1. The molecule has 0 fully saturated rings. The fraction of sp³-hybridized carbons (Fsp3) is 0.429. The van der Waals surface area contributed by atoms with Crippen molar-refractivity contribution in [3.05, 3.63) is 35.4 Å². The molecule has 3 heteroatoms. The Balaban J connectivity index is 2.54. The molecule has 3 nitrogen and oxygen atoms in total. The first kappa shape index (κ1) is 13.2. The van der Waals surface area contributed by atoms with Gasteiger partial charge in [0, 0.05) is 5.92 Å². The summed E-state index contributed by atoms with van der Waals surface area (Å²) in [5.41, 5.74) is 2.35. The Morgan fingerprint density at radius 2 is 1.94 bits per heavy atom. The van der Waals surface area contributed by atoms with Gasteiger partial charge in [-0.2, -0.15) is 5.26 Å². The van der Waals surface area contributed by atoms with Gasteiger partial charge in [-0.1, -0.05) is 36.8 Å². The first-order valence-electron chi connectivity index (χ1n) is 5.78. The zero-order valence-corrected chi connectivity index (χ0v) is 10.5. The topological polar surface area (TPSA) is 52.9 Å². The molecule has 1 aromatic rings. The normalized spacial score (nSPS) is 13.5. The maximum absolute atomic E-state index is 11.7. The van der Waals surface area contributed by atoms with Gasteiger partial charge < -0.3 is 5.32 Å². The van der Waals surface area contributed by atoms with E-state index in [2.05, 4.69) is 5.32 Å². The summed E-state index contributed by atoms with van der Waals surface area (Å²) in [6.07, 6.45) is 0.699. The molecule has 0 bridgehead atoms. The van der Waals surface area contributed by atoms with Crippen LogP contribution >= 0.6 is 0 Å². The van der Waals surface area contributed by atoms with Crippen molar-refractivity contribution in [2.24, 2.45) is 5.92 Å². The van der Waals surface area contributed by atoms with E-state index in [0.717, 1.165) is 5.56 Å². The molecule has 0 radical (unpaired) electrons. The highest BCUT2D eigenvalue weighted by molar-refractivity contribution is 5.79. The largest absolute Gasteiger partial charge is 0.340 e. The van der Waals surface area contributed by atoms with Gasteiger partial charge in [0.2, 0.25) is 5.91 Å². The molecule has 0 aliphatic rings. The number of nitrogens with one attached hydrogen (secondary N) is 1. The minimum Gasteiger partial charge on any atom is -0.340 e. The van der Waals surface area contributed by atoms with E-state index in [9.17, 15) is 4.79 Å². The van der Waals surface area contributed by atoms with Crippen molar-refractivity contribution in [3.63, 3.8) is 0 Å². The molecule has 0 saturated carbocycles. The Morgan fingerprint density at radius 1 is 1.35 bits per heavy atom. The molecule has 1 amide bonds. The summed E-state index contributed by atoms with van der Waals surface area (Å²) in [5, 5.41) is 11.3. The third-order valence-corrected chi connectivity index (χ3v) is 2.66. The van der Waals surface area contributed by atoms with Gasteiger partial charge in [-0.15, -0.1) is 0 Å². The molecule has 0 aliphatic carbocycles. The molecule has 0 aromatic heterocycles. The summed E-state index contributed by atoms with van der Waals surface area (Å²) in [4.78, 5) is 11.7. The van der Waals surface area contributed by atoms with Crippen molar-refractivity contribution in [1.29, 1.82) is 5.26 Å². The summed E-state index contributed by atoms with van der Waals surface area (Å²) in [5.74, 6) is -0.187. The number of carbonyl (C=O) groups excluding carboxylic acids is 1. The molecule has 17 heavy (non-hydrogen) atoms. The average molecular weight is 230 g/mol. The van der Waals surface area contributed by atoms with E-state index in [-0.39, 0.29) is 11.8 Å². The van der Waals surface area contributed by atoms with Crippen LogP contribution in [0.25, 0.3) is 0 Å². The van der Waals surface area contributed by atoms with Crippen LogP contribution in [0.3, 0.4) is 0 Å². The zero-order valence-electron chi connectivity index (χ0n) is 10.5. The van der Waals surface area contributed by atoms with Crippen molar-refractivity contribution in [2.45, 2.75) is 33.2 Å². The molecule has 0 spiro atoms. The van der Waals surface area contributed by atoms with Crippen molar-refractivity contribution in [3.8, 4) is 6.07 Å². The molecule has 1 rings (SSSR count). The Bertz CT molecular complexity index is 417. The Morgan fingerprint density at radius 3 is 2.47 bits per heavy atom. The Hall–Kier alpha value is -1.82. The number of nitriles is 1. The summed E-state index contributed by atoms with van der Waals surface area (Å²) in [7, 11) is 0. The van der Waals surface area contributed by atoms with Crippen LogP contribution in [-0.2, 0) is 11.2 Å². The Labute approximate surface area is 102 Å². The van der Waals surface area contributed by atoms with Crippen molar-refractivity contribution >= 4 is 5.91 Å². The minimum absolute atomic E-state index is 0.0698. The summed E-state index contributed by atoms with van der Waals surface area (Å²) >= 11 is 0. The molecule has 1 N–H and O–H groups in total. The first-order valence-corrected chi connectivity index (χ1v) is 5.78. The molecule has 1 aromatic carbocycles. The molecule has 0 aliphatic heterocycles. The minimum atomic E-state index is -0.428. The van der Waals surface area contributed by atoms with Gasteiger partial charge in [-0.3, -0.25) is 4.79 Å². The van der Waals surface area contributed by atoms with Crippen LogP contribution in [0, 0.1) is 24.2 Å². The van der Waals surface area contributed by atoms with E-state index in [1.165, 1.54) is 5.56 Å². The lowest BCUT2D eigenvalue weighted by atomic mass is 9.99.